The number of nitrogens with zero attached hydrogens (tertiary/aromatic N) is 3. The second-order valence-corrected chi connectivity index (χ2v) is 8.96. The van der Waals surface area contributed by atoms with Crippen molar-refractivity contribution in [1.29, 1.82) is 0 Å². The van der Waals surface area contributed by atoms with Crippen LogP contribution in [0.3, 0.4) is 0 Å². The molecule has 0 radical (unpaired) electrons. The smallest absolute Gasteiger partial charge is 0.325 e. The van der Waals surface area contributed by atoms with Crippen molar-refractivity contribution in [3.63, 3.8) is 0 Å². The van der Waals surface area contributed by atoms with Crippen LogP contribution in [0.15, 0.2) is 28.0 Å². The number of anilines is 1. The van der Waals surface area contributed by atoms with E-state index in [4.69, 9.17) is 0 Å². The number of aromatic nitrogens is 2. The number of carbonyl (C=O) groups excluding carboxylic acids is 1. The lowest BCUT2D eigenvalue weighted by Crippen LogP contribution is -2.33. The number of benzene rings is 1. The molecule has 1 amide bonds. The number of likely N-dealkylation sites (N-methyl/N-ethyl adjacent to an activating group) is 1. The number of aryl methyl sites for hydroxylation is 2. The molecule has 0 fully saturated rings. The largest absolute Gasteiger partial charge is 0.348 e. The van der Waals surface area contributed by atoms with Crippen LogP contribution in [0.5, 0.6) is 0 Å². The fraction of sp³-hybridized carbons (Fsp3) is 0.500. The first-order valence-corrected chi connectivity index (χ1v) is 11.1. The minimum atomic E-state index is -0.204. The van der Waals surface area contributed by atoms with Crippen molar-refractivity contribution in [3.05, 3.63) is 51.1 Å². The van der Waals surface area contributed by atoms with Gasteiger partial charge >= 0.3 is 5.69 Å². The van der Waals surface area contributed by atoms with Gasteiger partial charge in [-0.3, -0.25) is 9.36 Å². The molecule has 0 atom stereocenters. The molecular formula is C22H30N4O2S. The van der Waals surface area contributed by atoms with Gasteiger partial charge in [0, 0.05) is 30.0 Å². The Labute approximate surface area is 176 Å². The quantitative estimate of drug-likeness (QED) is 0.557. The summed E-state index contributed by atoms with van der Waals surface area (Å²) in [7, 11) is 4.01. The summed E-state index contributed by atoms with van der Waals surface area (Å²) in [5.74, 6) is 0.163. The lowest BCUT2D eigenvalue weighted by Gasteiger charge is -2.23. The number of rotatable bonds is 7. The minimum Gasteiger partial charge on any atom is -0.325 e. The zero-order chi connectivity index (χ0) is 21.0. The third-order valence-electron chi connectivity index (χ3n) is 5.07. The van der Waals surface area contributed by atoms with E-state index in [9.17, 15) is 9.59 Å². The van der Waals surface area contributed by atoms with Gasteiger partial charge in [0.15, 0.2) is 0 Å². The van der Waals surface area contributed by atoms with E-state index in [0.717, 1.165) is 65.3 Å². The summed E-state index contributed by atoms with van der Waals surface area (Å²) in [5, 5.41) is 3.68. The van der Waals surface area contributed by atoms with Gasteiger partial charge in [-0.1, -0.05) is 17.8 Å². The second-order valence-electron chi connectivity index (χ2n) is 8.00. The summed E-state index contributed by atoms with van der Waals surface area (Å²) in [5.41, 5.74) is 5.09. The lowest BCUT2D eigenvalue weighted by atomic mass is 9.97. The summed E-state index contributed by atoms with van der Waals surface area (Å²) >= 11 is 1.37. The Morgan fingerprint density at radius 2 is 1.86 bits per heavy atom. The molecule has 0 saturated carbocycles. The normalized spacial score (nSPS) is 13.4. The van der Waals surface area contributed by atoms with Crippen molar-refractivity contribution in [3.8, 4) is 0 Å². The molecule has 1 aliphatic rings. The maximum absolute atomic E-state index is 12.7. The Morgan fingerprint density at radius 1 is 1.17 bits per heavy atom. The molecule has 2 aromatic rings. The van der Waals surface area contributed by atoms with Crippen molar-refractivity contribution in [2.75, 3.05) is 31.7 Å². The SMILES string of the molecule is Cc1cc(C)cc(NC(=O)CSc2nc(=O)n(CCN(C)C)c3c2CCCC3)c1. The van der Waals surface area contributed by atoms with E-state index in [2.05, 4.69) is 21.3 Å². The first-order valence-electron chi connectivity index (χ1n) is 10.1. The minimum absolute atomic E-state index is 0.0804. The molecule has 0 saturated heterocycles. The zero-order valence-corrected chi connectivity index (χ0v) is 18.6. The molecule has 29 heavy (non-hydrogen) atoms. The monoisotopic (exact) mass is 414 g/mol. The van der Waals surface area contributed by atoms with Gasteiger partial charge in [0.1, 0.15) is 5.03 Å². The average Bonchev–Trinajstić information content (AvgIpc) is 2.64. The molecule has 7 heteroatoms. The maximum atomic E-state index is 12.7. The molecular weight excluding hydrogens is 384 g/mol. The van der Waals surface area contributed by atoms with Crippen LogP contribution in [0, 0.1) is 13.8 Å². The number of thioether (sulfide) groups is 1. The van der Waals surface area contributed by atoms with E-state index in [1.165, 1.54) is 11.8 Å². The lowest BCUT2D eigenvalue weighted by molar-refractivity contribution is -0.113. The van der Waals surface area contributed by atoms with Crippen LogP contribution in [-0.4, -0.2) is 46.8 Å². The molecule has 6 nitrogen and oxygen atoms in total. The number of hydrogen-bond donors (Lipinski definition) is 1. The van der Waals surface area contributed by atoms with E-state index < -0.39 is 0 Å². The van der Waals surface area contributed by atoms with Gasteiger partial charge in [-0.15, -0.1) is 0 Å². The Hall–Kier alpha value is -2.12. The molecule has 1 aliphatic carbocycles. The summed E-state index contributed by atoms with van der Waals surface area (Å²) in [6, 6.07) is 6.00. The van der Waals surface area contributed by atoms with Crippen LogP contribution in [-0.2, 0) is 24.2 Å². The topological polar surface area (TPSA) is 67.2 Å². The molecule has 0 spiro atoms. The van der Waals surface area contributed by atoms with Crippen LogP contribution < -0.4 is 11.0 Å². The van der Waals surface area contributed by atoms with Crippen LogP contribution in [0.1, 0.15) is 35.2 Å². The predicted molar refractivity (Wildman–Crippen MR) is 119 cm³/mol. The highest BCUT2D eigenvalue weighted by Gasteiger charge is 2.21. The molecule has 1 aromatic carbocycles. The van der Waals surface area contributed by atoms with Crippen LogP contribution in [0.2, 0.25) is 0 Å². The van der Waals surface area contributed by atoms with Crippen molar-refractivity contribution in [1.82, 2.24) is 14.5 Å². The third kappa shape index (κ3) is 5.70. The van der Waals surface area contributed by atoms with Crippen molar-refractivity contribution in [2.45, 2.75) is 51.1 Å². The van der Waals surface area contributed by atoms with Gasteiger partial charge in [0.2, 0.25) is 5.91 Å². The van der Waals surface area contributed by atoms with Gasteiger partial charge in [-0.25, -0.2) is 4.79 Å². The first-order chi connectivity index (χ1) is 13.8. The molecule has 1 N–H and O–H groups in total. The number of fused-ring (bicyclic) bond motifs is 1. The second kappa shape index (κ2) is 9.59. The third-order valence-corrected chi connectivity index (χ3v) is 6.08. The van der Waals surface area contributed by atoms with Crippen molar-refractivity contribution in [2.24, 2.45) is 0 Å². The highest BCUT2D eigenvalue weighted by atomic mass is 32.2. The summed E-state index contributed by atoms with van der Waals surface area (Å²) in [6.07, 6.45) is 4.02. The highest BCUT2D eigenvalue weighted by Crippen LogP contribution is 2.28. The summed E-state index contributed by atoms with van der Waals surface area (Å²) in [6.45, 7) is 5.48. The predicted octanol–water partition coefficient (Wildman–Crippen LogP) is 3.03. The van der Waals surface area contributed by atoms with Gasteiger partial charge in [0.05, 0.1) is 5.75 Å². The van der Waals surface area contributed by atoms with Crippen LogP contribution in [0.25, 0.3) is 0 Å². The maximum Gasteiger partial charge on any atom is 0.348 e. The summed E-state index contributed by atoms with van der Waals surface area (Å²) in [4.78, 5) is 31.5. The molecule has 3 rings (SSSR count). The van der Waals surface area contributed by atoms with Gasteiger partial charge in [-0.05, 0) is 76.9 Å². The zero-order valence-electron chi connectivity index (χ0n) is 17.7. The fourth-order valence-electron chi connectivity index (χ4n) is 3.78. The Kier molecular flexibility index (Phi) is 7.14. The van der Waals surface area contributed by atoms with Crippen LogP contribution >= 0.6 is 11.8 Å². The average molecular weight is 415 g/mol. The van der Waals surface area contributed by atoms with Gasteiger partial charge in [-0.2, -0.15) is 4.98 Å². The Balaban J connectivity index is 1.74. The van der Waals surface area contributed by atoms with Gasteiger partial charge in [0.25, 0.3) is 0 Å². The van der Waals surface area contributed by atoms with Gasteiger partial charge < -0.3 is 10.2 Å². The Morgan fingerprint density at radius 3 is 2.55 bits per heavy atom. The number of carbonyl (C=O) groups is 1. The number of nitrogens with one attached hydrogen (secondary N) is 1. The van der Waals surface area contributed by atoms with E-state index in [1.54, 1.807) is 0 Å². The molecule has 1 aromatic heterocycles. The number of amides is 1. The highest BCUT2D eigenvalue weighted by molar-refractivity contribution is 8.00. The van der Waals surface area contributed by atoms with Crippen molar-refractivity contribution >= 4 is 23.4 Å². The van der Waals surface area contributed by atoms with E-state index in [-0.39, 0.29) is 17.3 Å². The van der Waals surface area contributed by atoms with E-state index in [1.807, 2.05) is 44.6 Å². The van der Waals surface area contributed by atoms with Crippen molar-refractivity contribution < 1.29 is 4.79 Å². The molecule has 1 heterocycles. The fourth-order valence-corrected chi connectivity index (χ4v) is 4.65. The first kappa shape index (κ1) is 21.6. The molecule has 156 valence electrons. The molecule has 0 unspecified atom stereocenters. The number of hydrogen-bond acceptors (Lipinski definition) is 5. The Bertz CT molecular complexity index is 932. The van der Waals surface area contributed by atoms with E-state index in [0.29, 0.717) is 6.54 Å². The summed E-state index contributed by atoms with van der Waals surface area (Å²) < 4.78 is 1.83. The van der Waals surface area contributed by atoms with E-state index >= 15 is 0 Å². The molecule has 0 bridgehead atoms. The standard InChI is InChI=1S/C22H30N4O2S/c1-15-11-16(2)13-17(12-15)23-20(27)14-29-21-18-7-5-6-8-19(18)26(22(28)24-21)10-9-25(3)4/h11-13H,5-10,14H2,1-4H3,(H,23,27). The van der Waals surface area contributed by atoms with Crippen LogP contribution in [0.4, 0.5) is 5.69 Å². The molecule has 0 aliphatic heterocycles.